The summed E-state index contributed by atoms with van der Waals surface area (Å²) < 4.78 is 46.1. The number of hydrogen-bond acceptors (Lipinski definition) is 4. The Labute approximate surface area is 158 Å². The van der Waals surface area contributed by atoms with Crippen molar-refractivity contribution in [1.29, 1.82) is 0 Å². The molecule has 1 atom stereocenters. The molecule has 0 amide bonds. The van der Waals surface area contributed by atoms with E-state index in [1.54, 1.807) is 11.8 Å². The van der Waals surface area contributed by atoms with Crippen molar-refractivity contribution in [3.8, 4) is 5.88 Å². The van der Waals surface area contributed by atoms with E-state index in [4.69, 9.17) is 4.74 Å². The molecular weight excluding hydrogens is 446 g/mol. The number of hydrogen-bond donors (Lipinski definition) is 0. The number of nitrogens with zero attached hydrogens (tertiary/aromatic N) is 3. The molecule has 0 aliphatic rings. The second-order valence-electron chi connectivity index (χ2n) is 5.44. The van der Waals surface area contributed by atoms with Gasteiger partial charge in [0.25, 0.3) is 0 Å². The van der Waals surface area contributed by atoms with Crippen molar-refractivity contribution in [3.63, 3.8) is 0 Å². The molecular formula is C17H19F3IN3O. The van der Waals surface area contributed by atoms with Crippen LogP contribution in [0, 0.1) is 3.57 Å². The second kappa shape index (κ2) is 8.20. The molecule has 1 unspecified atom stereocenters. The van der Waals surface area contributed by atoms with E-state index in [1.807, 2.05) is 38.1 Å². The zero-order valence-electron chi connectivity index (χ0n) is 14.1. The van der Waals surface area contributed by atoms with Crippen molar-refractivity contribution >= 4 is 34.2 Å². The third kappa shape index (κ3) is 4.96. The van der Waals surface area contributed by atoms with Gasteiger partial charge in [-0.15, -0.1) is 0 Å². The fraction of sp³-hybridized carbons (Fsp3) is 0.412. The number of anilines is 2. The number of benzene rings is 1. The molecule has 1 heterocycles. The number of alkyl halides is 3. The average Bonchev–Trinajstić information content (AvgIpc) is 2.56. The van der Waals surface area contributed by atoms with Crippen LogP contribution in [0.1, 0.15) is 32.8 Å². The van der Waals surface area contributed by atoms with Crippen LogP contribution >= 0.6 is 22.6 Å². The Morgan fingerprint density at radius 2 is 1.84 bits per heavy atom. The Kier molecular flexibility index (Phi) is 6.47. The zero-order chi connectivity index (χ0) is 18.6. The molecule has 2 aromatic rings. The first kappa shape index (κ1) is 19.7. The summed E-state index contributed by atoms with van der Waals surface area (Å²) in [6, 6.07) is 7.58. The molecule has 1 aromatic carbocycles. The van der Waals surface area contributed by atoms with Gasteiger partial charge in [-0.1, -0.05) is 6.92 Å². The van der Waals surface area contributed by atoms with E-state index in [9.17, 15) is 13.2 Å². The number of aromatic nitrogens is 2. The summed E-state index contributed by atoms with van der Waals surface area (Å²) in [6.07, 6.45) is -3.58. The summed E-state index contributed by atoms with van der Waals surface area (Å²) in [5, 5.41) is 0. The van der Waals surface area contributed by atoms with E-state index in [1.165, 1.54) is 0 Å². The maximum absolute atomic E-state index is 13.2. The number of rotatable bonds is 6. The predicted molar refractivity (Wildman–Crippen MR) is 99.3 cm³/mol. The van der Waals surface area contributed by atoms with Crippen molar-refractivity contribution in [3.05, 3.63) is 39.6 Å². The summed E-state index contributed by atoms with van der Waals surface area (Å²) in [4.78, 5) is 9.73. The lowest BCUT2D eigenvalue weighted by molar-refractivity contribution is -0.139. The predicted octanol–water partition coefficient (Wildman–Crippen LogP) is 5.44. The third-order valence-electron chi connectivity index (χ3n) is 3.63. The molecule has 0 bridgehead atoms. The highest BCUT2D eigenvalue weighted by Gasteiger charge is 2.37. The molecule has 1 aromatic heterocycles. The highest BCUT2D eigenvalue weighted by Crippen LogP contribution is 2.36. The van der Waals surface area contributed by atoms with Crippen LogP contribution in [-0.2, 0) is 6.18 Å². The highest BCUT2D eigenvalue weighted by atomic mass is 127. The molecule has 0 saturated heterocycles. The lowest BCUT2D eigenvalue weighted by Crippen LogP contribution is -2.22. The van der Waals surface area contributed by atoms with E-state index in [0.29, 0.717) is 13.0 Å². The van der Waals surface area contributed by atoms with Crippen molar-refractivity contribution in [2.75, 3.05) is 11.4 Å². The van der Waals surface area contributed by atoms with Crippen LogP contribution in [0.3, 0.4) is 0 Å². The Hall–Kier alpha value is -1.58. The monoisotopic (exact) mass is 465 g/mol. The molecule has 136 valence electrons. The molecule has 0 radical (unpaired) electrons. The van der Waals surface area contributed by atoms with Crippen molar-refractivity contribution < 1.29 is 17.9 Å². The van der Waals surface area contributed by atoms with Gasteiger partial charge in [0.2, 0.25) is 11.8 Å². The Balaban J connectivity index is 2.46. The molecule has 0 fully saturated rings. The molecule has 2 rings (SSSR count). The normalized spacial score (nSPS) is 12.8. The number of ether oxygens (including phenoxy) is 1. The standard InChI is InChI=1S/C17H19F3IN3O/c1-4-11(3)25-15-14(17(18,19)20)10-22-16(23-15)24(5-2)13-8-6-12(21)7-9-13/h6-11H,4-5H2,1-3H3. The smallest absolute Gasteiger partial charge is 0.423 e. The van der Waals surface area contributed by atoms with Gasteiger partial charge in [0.05, 0.1) is 6.10 Å². The molecule has 0 N–H and O–H groups in total. The van der Waals surface area contributed by atoms with Crippen LogP contribution in [0.25, 0.3) is 0 Å². The van der Waals surface area contributed by atoms with Gasteiger partial charge in [-0.2, -0.15) is 18.2 Å². The molecule has 4 nitrogen and oxygen atoms in total. The van der Waals surface area contributed by atoms with Crippen molar-refractivity contribution in [2.45, 2.75) is 39.5 Å². The quantitative estimate of drug-likeness (QED) is 0.533. The van der Waals surface area contributed by atoms with Crippen molar-refractivity contribution in [1.82, 2.24) is 9.97 Å². The van der Waals surface area contributed by atoms with Gasteiger partial charge >= 0.3 is 6.18 Å². The van der Waals surface area contributed by atoms with Crippen LogP contribution < -0.4 is 9.64 Å². The second-order valence-corrected chi connectivity index (χ2v) is 6.69. The van der Waals surface area contributed by atoms with Crippen LogP contribution in [0.5, 0.6) is 5.88 Å². The fourth-order valence-electron chi connectivity index (χ4n) is 2.11. The van der Waals surface area contributed by atoms with Gasteiger partial charge < -0.3 is 9.64 Å². The Bertz CT molecular complexity index is 707. The Morgan fingerprint density at radius 1 is 1.20 bits per heavy atom. The van der Waals surface area contributed by atoms with E-state index < -0.39 is 17.6 Å². The minimum atomic E-state index is -4.57. The Morgan fingerprint density at radius 3 is 2.36 bits per heavy atom. The first-order valence-corrected chi connectivity index (χ1v) is 8.98. The molecule has 0 aliphatic carbocycles. The first-order valence-electron chi connectivity index (χ1n) is 7.90. The van der Waals surface area contributed by atoms with Crippen molar-refractivity contribution in [2.24, 2.45) is 0 Å². The van der Waals surface area contributed by atoms with E-state index >= 15 is 0 Å². The highest BCUT2D eigenvalue weighted by molar-refractivity contribution is 14.1. The zero-order valence-corrected chi connectivity index (χ0v) is 16.3. The van der Waals surface area contributed by atoms with E-state index in [2.05, 4.69) is 32.6 Å². The summed E-state index contributed by atoms with van der Waals surface area (Å²) >= 11 is 2.19. The van der Waals surface area contributed by atoms with Gasteiger partial charge in [0, 0.05) is 22.0 Å². The van der Waals surface area contributed by atoms with E-state index in [0.717, 1.165) is 15.5 Å². The first-order chi connectivity index (χ1) is 11.8. The van der Waals surface area contributed by atoms with Crippen LogP contribution in [-0.4, -0.2) is 22.6 Å². The van der Waals surface area contributed by atoms with Gasteiger partial charge in [-0.05, 0) is 67.1 Å². The molecule has 0 spiro atoms. The summed E-state index contributed by atoms with van der Waals surface area (Å²) in [5.41, 5.74) is -0.160. The minimum Gasteiger partial charge on any atom is -0.474 e. The maximum atomic E-state index is 13.2. The van der Waals surface area contributed by atoms with Gasteiger partial charge in [-0.3, -0.25) is 0 Å². The topological polar surface area (TPSA) is 38.2 Å². The average molecular weight is 465 g/mol. The largest absolute Gasteiger partial charge is 0.474 e. The minimum absolute atomic E-state index is 0.176. The summed E-state index contributed by atoms with van der Waals surface area (Å²) in [5.74, 6) is -0.258. The molecule has 0 saturated carbocycles. The van der Waals surface area contributed by atoms with Gasteiger partial charge in [-0.25, -0.2) is 4.98 Å². The number of halogens is 4. The summed E-state index contributed by atoms with van der Waals surface area (Å²) in [7, 11) is 0. The summed E-state index contributed by atoms with van der Waals surface area (Å²) in [6.45, 7) is 5.94. The van der Waals surface area contributed by atoms with Gasteiger partial charge in [0.1, 0.15) is 5.56 Å². The maximum Gasteiger partial charge on any atom is 0.423 e. The van der Waals surface area contributed by atoms with Crippen LogP contribution in [0.15, 0.2) is 30.5 Å². The third-order valence-corrected chi connectivity index (χ3v) is 4.35. The lowest BCUT2D eigenvalue weighted by atomic mass is 10.3. The molecule has 0 aliphatic heterocycles. The fourth-order valence-corrected chi connectivity index (χ4v) is 2.47. The van der Waals surface area contributed by atoms with Crippen LogP contribution in [0.4, 0.5) is 24.8 Å². The molecule has 25 heavy (non-hydrogen) atoms. The van der Waals surface area contributed by atoms with Crippen LogP contribution in [0.2, 0.25) is 0 Å². The van der Waals surface area contributed by atoms with Gasteiger partial charge in [0.15, 0.2) is 0 Å². The SMILES string of the molecule is CCC(C)Oc1nc(N(CC)c2ccc(I)cc2)ncc1C(F)(F)F. The lowest BCUT2D eigenvalue weighted by Gasteiger charge is -2.23. The van der Waals surface area contributed by atoms with E-state index in [-0.39, 0.29) is 12.1 Å². The molecule has 8 heteroatoms.